The summed E-state index contributed by atoms with van der Waals surface area (Å²) >= 11 is 0. The van der Waals surface area contributed by atoms with Crippen LogP contribution < -0.4 is 21.3 Å². The average molecular weight is 643 g/mol. The fraction of sp³-hybridized carbons (Fsp3) is 0.714. The SMILES string of the molecule is CCCC(=O)N(C)[C@H](O)C(=O)N(C)[C@H](C(=O)NC(=O)N(C)C(=O)NC(=O)N[C@@H](C)C(=O)N(C)[C@@H](CC(C)C)C(=O)NC)C(C)C. The third-order valence-electron chi connectivity index (χ3n) is 6.95. The highest BCUT2D eigenvalue weighted by Crippen LogP contribution is 2.14. The van der Waals surface area contributed by atoms with E-state index in [1.54, 1.807) is 20.8 Å². The molecule has 0 unspecified atom stereocenters. The summed E-state index contributed by atoms with van der Waals surface area (Å²) < 4.78 is 0. The molecule has 17 heteroatoms. The van der Waals surface area contributed by atoms with Gasteiger partial charge in [0.2, 0.25) is 23.9 Å². The molecule has 17 nitrogen and oxygen atoms in total. The van der Waals surface area contributed by atoms with Crippen molar-refractivity contribution in [1.29, 1.82) is 0 Å². The molecule has 0 saturated carbocycles. The van der Waals surface area contributed by atoms with E-state index in [4.69, 9.17) is 0 Å². The predicted molar refractivity (Wildman–Crippen MR) is 163 cm³/mol. The van der Waals surface area contributed by atoms with E-state index in [0.717, 1.165) is 16.8 Å². The number of aliphatic hydroxyl groups excluding tert-OH is 1. The first kappa shape index (κ1) is 40.7. The number of urea groups is 3. The van der Waals surface area contributed by atoms with Gasteiger partial charge >= 0.3 is 18.1 Å². The quantitative estimate of drug-likeness (QED) is 0.166. The number of nitrogens with zero attached hydrogens (tertiary/aromatic N) is 4. The Labute approximate surface area is 264 Å². The maximum atomic E-state index is 13.0. The van der Waals surface area contributed by atoms with Crippen LogP contribution in [0.2, 0.25) is 0 Å². The van der Waals surface area contributed by atoms with Crippen LogP contribution in [0.25, 0.3) is 0 Å². The number of imide groups is 3. The Morgan fingerprint density at radius 2 is 1.27 bits per heavy atom. The van der Waals surface area contributed by atoms with Gasteiger partial charge in [-0.2, -0.15) is 0 Å². The highest BCUT2D eigenvalue weighted by Gasteiger charge is 2.37. The van der Waals surface area contributed by atoms with E-state index in [0.29, 0.717) is 17.7 Å². The van der Waals surface area contributed by atoms with E-state index in [1.807, 2.05) is 24.5 Å². The number of likely N-dealkylation sites (N-methyl/N-ethyl adjacent to an activating group) is 4. The molecule has 0 aliphatic heterocycles. The van der Waals surface area contributed by atoms with Crippen molar-refractivity contribution in [1.82, 2.24) is 40.9 Å². The highest BCUT2D eigenvalue weighted by molar-refractivity contribution is 6.07. The number of hydrogen-bond acceptors (Lipinski definition) is 9. The molecule has 0 bridgehead atoms. The molecule has 11 amide bonds. The molecule has 0 saturated heterocycles. The molecular weight excluding hydrogens is 592 g/mol. The standard InChI is InChI=1S/C28H50N8O9/c1-12-13-19(37)34(9)24(41)25(42)35(10)20(16(4)5)22(39)31-27(44)36(11)28(45)32-26(43)30-17(6)23(40)33(8)18(14-15(2)3)21(38)29-7/h15-18,20,24,41H,12-14H2,1-11H3,(H,29,38)(H,31,39,44)(H2,30,32,43,45)/t17-,18-,20-,24+/m0/s1. The van der Waals surface area contributed by atoms with Crippen molar-refractivity contribution in [2.45, 2.75) is 85.2 Å². The lowest BCUT2D eigenvalue weighted by atomic mass is 10.0. The van der Waals surface area contributed by atoms with Gasteiger partial charge in [-0.15, -0.1) is 0 Å². The number of rotatable bonds is 13. The van der Waals surface area contributed by atoms with Crippen LogP contribution >= 0.6 is 0 Å². The Hall–Kier alpha value is -4.28. The molecule has 0 spiro atoms. The first-order valence-corrected chi connectivity index (χ1v) is 14.6. The topological polar surface area (TPSA) is 218 Å². The lowest BCUT2D eigenvalue weighted by molar-refractivity contribution is -0.160. The fourth-order valence-corrected chi connectivity index (χ4v) is 4.28. The summed E-state index contributed by atoms with van der Waals surface area (Å²) in [4.78, 5) is 104. The Morgan fingerprint density at radius 1 is 0.733 bits per heavy atom. The number of amides is 11. The van der Waals surface area contributed by atoms with Gasteiger partial charge in [0, 0.05) is 41.7 Å². The molecule has 0 aliphatic rings. The van der Waals surface area contributed by atoms with E-state index in [1.165, 1.54) is 40.0 Å². The Balaban J connectivity index is 5.38. The molecule has 256 valence electrons. The molecule has 0 aliphatic carbocycles. The largest absolute Gasteiger partial charge is 0.365 e. The third kappa shape index (κ3) is 12.0. The number of carbonyl (C=O) groups excluding carboxylic acids is 8. The zero-order chi connectivity index (χ0) is 35.3. The number of aliphatic hydroxyl groups is 1. The molecule has 0 aromatic heterocycles. The van der Waals surface area contributed by atoms with Crippen LogP contribution in [0.5, 0.6) is 0 Å². The van der Waals surface area contributed by atoms with Crippen molar-refractivity contribution in [2.24, 2.45) is 11.8 Å². The van der Waals surface area contributed by atoms with Gasteiger partial charge in [0.05, 0.1) is 0 Å². The minimum absolute atomic E-state index is 0.0894. The summed E-state index contributed by atoms with van der Waals surface area (Å²) in [6.45, 7) is 10.0. The monoisotopic (exact) mass is 642 g/mol. The molecule has 0 heterocycles. The first-order valence-electron chi connectivity index (χ1n) is 14.6. The van der Waals surface area contributed by atoms with E-state index in [9.17, 15) is 43.5 Å². The predicted octanol–water partition coefficient (Wildman–Crippen LogP) is -0.359. The van der Waals surface area contributed by atoms with Crippen LogP contribution in [0, 0.1) is 11.8 Å². The van der Waals surface area contributed by atoms with Gasteiger partial charge in [-0.05, 0) is 31.6 Å². The van der Waals surface area contributed by atoms with Crippen LogP contribution in [0.15, 0.2) is 0 Å². The normalized spacial score (nSPS) is 13.5. The van der Waals surface area contributed by atoms with E-state index in [2.05, 4.69) is 10.6 Å². The van der Waals surface area contributed by atoms with Gasteiger partial charge in [-0.25, -0.2) is 19.3 Å². The lowest BCUT2D eigenvalue weighted by Crippen LogP contribution is -2.59. The van der Waals surface area contributed by atoms with Gasteiger partial charge in [0.15, 0.2) is 0 Å². The minimum atomic E-state index is -1.87. The summed E-state index contributed by atoms with van der Waals surface area (Å²) in [5, 5.41) is 19.0. The van der Waals surface area contributed by atoms with Gasteiger partial charge < -0.3 is 30.4 Å². The van der Waals surface area contributed by atoms with Crippen LogP contribution in [-0.2, 0) is 24.0 Å². The summed E-state index contributed by atoms with van der Waals surface area (Å²) in [5.41, 5.74) is 0. The van der Waals surface area contributed by atoms with Crippen LogP contribution in [0.1, 0.15) is 60.8 Å². The Morgan fingerprint density at radius 3 is 1.73 bits per heavy atom. The smallest absolute Gasteiger partial charge is 0.333 e. The van der Waals surface area contributed by atoms with Crippen molar-refractivity contribution >= 4 is 47.6 Å². The molecule has 5 N–H and O–H groups in total. The van der Waals surface area contributed by atoms with Crippen LogP contribution in [-0.4, -0.2) is 132 Å². The van der Waals surface area contributed by atoms with Crippen LogP contribution in [0.4, 0.5) is 14.4 Å². The third-order valence-corrected chi connectivity index (χ3v) is 6.95. The van der Waals surface area contributed by atoms with Crippen LogP contribution in [0.3, 0.4) is 0 Å². The van der Waals surface area contributed by atoms with Gasteiger partial charge in [-0.3, -0.25) is 34.6 Å². The van der Waals surface area contributed by atoms with Crippen molar-refractivity contribution in [3.63, 3.8) is 0 Å². The maximum Gasteiger partial charge on any atom is 0.333 e. The zero-order valence-electron chi connectivity index (χ0n) is 28.1. The number of nitrogens with one attached hydrogen (secondary N) is 4. The molecule has 45 heavy (non-hydrogen) atoms. The molecule has 0 radical (unpaired) electrons. The van der Waals surface area contributed by atoms with Gasteiger partial charge in [-0.1, -0.05) is 34.6 Å². The summed E-state index contributed by atoms with van der Waals surface area (Å²) in [5.74, 6) is -3.89. The van der Waals surface area contributed by atoms with Gasteiger partial charge in [0.1, 0.15) is 18.1 Å². The second-order valence-electron chi connectivity index (χ2n) is 11.5. The zero-order valence-corrected chi connectivity index (χ0v) is 28.1. The van der Waals surface area contributed by atoms with Gasteiger partial charge in [0.25, 0.3) is 11.8 Å². The first-order chi connectivity index (χ1) is 20.7. The van der Waals surface area contributed by atoms with Crippen molar-refractivity contribution < 1.29 is 43.5 Å². The number of hydrogen-bond donors (Lipinski definition) is 5. The molecule has 0 fully saturated rings. The van der Waals surface area contributed by atoms with E-state index < -0.39 is 72.0 Å². The second-order valence-corrected chi connectivity index (χ2v) is 11.5. The molecule has 4 atom stereocenters. The highest BCUT2D eigenvalue weighted by atomic mass is 16.3. The number of carbonyl (C=O) groups is 8. The molecule has 0 aromatic rings. The summed E-state index contributed by atoms with van der Waals surface area (Å²) in [7, 11) is 6.30. The molecule has 0 rings (SSSR count). The fourth-order valence-electron chi connectivity index (χ4n) is 4.28. The van der Waals surface area contributed by atoms with E-state index in [-0.39, 0.29) is 18.2 Å². The summed E-state index contributed by atoms with van der Waals surface area (Å²) in [6, 6.07) is -6.84. The lowest BCUT2D eigenvalue weighted by Gasteiger charge is -2.33. The summed E-state index contributed by atoms with van der Waals surface area (Å²) in [6.07, 6.45) is -0.906. The minimum Gasteiger partial charge on any atom is -0.365 e. The second kappa shape index (κ2) is 18.5. The van der Waals surface area contributed by atoms with Crippen molar-refractivity contribution in [2.75, 3.05) is 35.2 Å². The average Bonchev–Trinajstić information content (AvgIpc) is 2.96. The Bertz CT molecular complexity index is 1110. The molecular formula is C28H50N8O9. The van der Waals surface area contributed by atoms with Crippen molar-refractivity contribution in [3.05, 3.63) is 0 Å². The van der Waals surface area contributed by atoms with E-state index >= 15 is 0 Å². The van der Waals surface area contributed by atoms with Crippen molar-refractivity contribution in [3.8, 4) is 0 Å². The maximum absolute atomic E-state index is 13.0. The Kier molecular flexibility index (Phi) is 16.7. The molecule has 0 aromatic carbocycles.